The van der Waals surface area contributed by atoms with Gasteiger partial charge >= 0.3 is 0 Å². The molecule has 0 amide bonds. The maximum absolute atomic E-state index is 13.9. The number of rotatable bonds is 3. The predicted molar refractivity (Wildman–Crippen MR) is 70.4 cm³/mol. The molecule has 1 fully saturated rings. The zero-order chi connectivity index (χ0) is 14.3. The number of fused-ring (bicyclic) bond motifs is 1. The number of aliphatic hydroxyl groups is 1. The molecule has 1 N–H and O–H groups in total. The Morgan fingerprint density at radius 1 is 1.35 bits per heavy atom. The molecule has 0 radical (unpaired) electrons. The van der Waals surface area contributed by atoms with Crippen LogP contribution >= 0.6 is 0 Å². The van der Waals surface area contributed by atoms with Crippen molar-refractivity contribution in [3.63, 3.8) is 0 Å². The van der Waals surface area contributed by atoms with Crippen molar-refractivity contribution in [3.8, 4) is 11.5 Å². The van der Waals surface area contributed by atoms with Crippen LogP contribution in [0.4, 0.5) is 4.39 Å². The Balaban J connectivity index is 1.80. The van der Waals surface area contributed by atoms with Crippen molar-refractivity contribution in [2.75, 3.05) is 13.4 Å². The van der Waals surface area contributed by atoms with E-state index < -0.39 is 5.82 Å². The lowest BCUT2D eigenvalue weighted by atomic mass is 9.88. The van der Waals surface area contributed by atoms with Crippen LogP contribution in [0.15, 0.2) is 12.1 Å². The average molecular weight is 282 g/mol. The van der Waals surface area contributed by atoms with Crippen LogP contribution < -0.4 is 9.47 Å². The summed E-state index contributed by atoms with van der Waals surface area (Å²) in [6.07, 6.45) is 1.30. The van der Waals surface area contributed by atoms with Crippen LogP contribution in [0.2, 0.25) is 0 Å². The molecule has 1 aromatic carbocycles. The van der Waals surface area contributed by atoms with E-state index in [2.05, 4.69) is 0 Å². The number of hydrogen-bond acceptors (Lipinski definition) is 4. The van der Waals surface area contributed by atoms with Gasteiger partial charge in [0.15, 0.2) is 11.6 Å². The maximum atomic E-state index is 13.9. The lowest BCUT2D eigenvalue weighted by Gasteiger charge is -2.18. The molecule has 0 aliphatic carbocycles. The summed E-state index contributed by atoms with van der Waals surface area (Å²) >= 11 is 0. The molecule has 0 spiro atoms. The highest BCUT2D eigenvalue weighted by Gasteiger charge is 2.39. The summed E-state index contributed by atoms with van der Waals surface area (Å²) in [7, 11) is 0. The molecule has 4 nitrogen and oxygen atoms in total. The molecule has 1 aromatic rings. The third-order valence-corrected chi connectivity index (χ3v) is 3.91. The minimum absolute atomic E-state index is 0.0128. The average Bonchev–Trinajstić information content (AvgIpc) is 2.93. The van der Waals surface area contributed by atoms with Crippen LogP contribution in [-0.2, 0) is 11.2 Å². The Labute approximate surface area is 117 Å². The van der Waals surface area contributed by atoms with Gasteiger partial charge in [-0.25, -0.2) is 4.39 Å². The lowest BCUT2D eigenvalue weighted by molar-refractivity contribution is -0.0439. The van der Waals surface area contributed by atoms with E-state index in [9.17, 15) is 9.50 Å². The summed E-state index contributed by atoms with van der Waals surface area (Å²) in [5, 5.41) is 9.41. The van der Waals surface area contributed by atoms with Gasteiger partial charge in [0.1, 0.15) is 0 Å². The summed E-state index contributed by atoms with van der Waals surface area (Å²) in [6, 6.07) is 3.29. The fraction of sp³-hybridized carbons (Fsp3) is 0.600. The Bertz CT molecular complexity index is 515. The van der Waals surface area contributed by atoms with Gasteiger partial charge in [-0.15, -0.1) is 0 Å². The number of aliphatic hydroxyl groups excluding tert-OH is 1. The highest BCUT2D eigenvalue weighted by Crippen LogP contribution is 2.39. The molecule has 110 valence electrons. The summed E-state index contributed by atoms with van der Waals surface area (Å²) < 4.78 is 30.0. The normalized spacial score (nSPS) is 27.0. The topological polar surface area (TPSA) is 47.9 Å². The molecule has 5 heteroatoms. The summed E-state index contributed by atoms with van der Waals surface area (Å²) in [5.74, 6) is 0.428. The molecule has 0 saturated carbocycles. The first-order valence-electron chi connectivity index (χ1n) is 6.85. The van der Waals surface area contributed by atoms with Crippen molar-refractivity contribution in [1.82, 2.24) is 0 Å². The molecule has 20 heavy (non-hydrogen) atoms. The van der Waals surface area contributed by atoms with Crippen molar-refractivity contribution in [2.45, 2.75) is 38.4 Å². The summed E-state index contributed by atoms with van der Waals surface area (Å²) in [6.45, 7) is 4.07. The summed E-state index contributed by atoms with van der Waals surface area (Å²) in [4.78, 5) is 0. The second-order valence-electron chi connectivity index (χ2n) is 6.08. The third kappa shape index (κ3) is 2.47. The molecule has 2 heterocycles. The zero-order valence-corrected chi connectivity index (χ0v) is 11.7. The van der Waals surface area contributed by atoms with E-state index in [0.717, 1.165) is 12.0 Å². The Morgan fingerprint density at radius 3 is 2.90 bits per heavy atom. The van der Waals surface area contributed by atoms with Crippen LogP contribution in [-0.4, -0.2) is 30.2 Å². The van der Waals surface area contributed by atoms with Crippen molar-refractivity contribution >= 4 is 0 Å². The van der Waals surface area contributed by atoms with Gasteiger partial charge in [0.05, 0.1) is 18.3 Å². The van der Waals surface area contributed by atoms with Gasteiger partial charge in [-0.1, -0.05) is 0 Å². The monoisotopic (exact) mass is 282 g/mol. The molecular weight excluding hydrogens is 263 g/mol. The highest BCUT2D eigenvalue weighted by atomic mass is 19.1. The number of halogens is 1. The first-order chi connectivity index (χ1) is 9.48. The van der Waals surface area contributed by atoms with Gasteiger partial charge in [0, 0.05) is 0 Å². The van der Waals surface area contributed by atoms with Crippen molar-refractivity contribution in [3.05, 3.63) is 23.5 Å². The molecule has 2 aliphatic heterocycles. The molecule has 1 unspecified atom stereocenters. The van der Waals surface area contributed by atoms with E-state index in [1.54, 1.807) is 0 Å². The van der Waals surface area contributed by atoms with Crippen LogP contribution in [0.25, 0.3) is 0 Å². The molecule has 0 aromatic heterocycles. The molecule has 2 atom stereocenters. The number of benzene rings is 1. The SMILES string of the molecule is CC1(C)CC(Cc2cc(F)c3c(c2)OCO3)[C@H](CO)O1. The van der Waals surface area contributed by atoms with Gasteiger partial charge in [-0.2, -0.15) is 0 Å². The molecule has 0 bridgehead atoms. The van der Waals surface area contributed by atoms with Crippen LogP contribution in [0.5, 0.6) is 11.5 Å². The first-order valence-corrected chi connectivity index (χ1v) is 6.85. The Morgan fingerprint density at radius 2 is 2.15 bits per heavy atom. The second kappa shape index (κ2) is 4.90. The predicted octanol–water partition coefficient (Wildman–Crippen LogP) is 2.27. The third-order valence-electron chi connectivity index (χ3n) is 3.91. The molecule has 3 rings (SSSR count). The first kappa shape index (κ1) is 13.6. The van der Waals surface area contributed by atoms with Crippen molar-refractivity contribution in [1.29, 1.82) is 0 Å². The van der Waals surface area contributed by atoms with E-state index in [4.69, 9.17) is 14.2 Å². The Hall–Kier alpha value is -1.33. The standard InChI is InChI=1S/C15H19FO4/c1-15(2)6-10(13(7-17)20-15)3-9-4-11(16)14-12(5-9)18-8-19-14/h4-5,10,13,17H,3,6-8H2,1-2H3/t10?,13-/m0/s1. The minimum atomic E-state index is -0.395. The van der Waals surface area contributed by atoms with E-state index in [1.807, 2.05) is 19.9 Å². The highest BCUT2D eigenvalue weighted by molar-refractivity contribution is 5.46. The fourth-order valence-electron chi connectivity index (χ4n) is 3.15. The minimum Gasteiger partial charge on any atom is -0.453 e. The molecular formula is C15H19FO4. The largest absolute Gasteiger partial charge is 0.453 e. The quantitative estimate of drug-likeness (QED) is 0.924. The van der Waals surface area contributed by atoms with Gasteiger partial charge in [0.25, 0.3) is 0 Å². The fourth-order valence-corrected chi connectivity index (χ4v) is 3.15. The molecule has 1 saturated heterocycles. The number of hydrogen-bond donors (Lipinski definition) is 1. The van der Waals surface area contributed by atoms with Gasteiger partial charge in [-0.3, -0.25) is 0 Å². The smallest absolute Gasteiger partial charge is 0.231 e. The maximum Gasteiger partial charge on any atom is 0.231 e. The van der Waals surface area contributed by atoms with E-state index >= 15 is 0 Å². The second-order valence-corrected chi connectivity index (χ2v) is 6.08. The van der Waals surface area contributed by atoms with Crippen molar-refractivity contribution in [2.24, 2.45) is 5.92 Å². The lowest BCUT2D eigenvalue weighted by Crippen LogP contribution is -2.24. The van der Waals surface area contributed by atoms with Crippen molar-refractivity contribution < 1.29 is 23.7 Å². The van der Waals surface area contributed by atoms with Crippen LogP contribution in [0.1, 0.15) is 25.8 Å². The van der Waals surface area contributed by atoms with Crippen LogP contribution in [0.3, 0.4) is 0 Å². The van der Waals surface area contributed by atoms with Gasteiger partial charge in [0.2, 0.25) is 12.5 Å². The van der Waals surface area contributed by atoms with Gasteiger partial charge < -0.3 is 19.3 Å². The van der Waals surface area contributed by atoms with E-state index in [1.165, 1.54) is 6.07 Å². The van der Waals surface area contributed by atoms with Crippen LogP contribution in [0, 0.1) is 11.7 Å². The zero-order valence-electron chi connectivity index (χ0n) is 11.7. The van der Waals surface area contributed by atoms with E-state index in [-0.39, 0.29) is 36.8 Å². The molecule has 2 aliphatic rings. The van der Waals surface area contributed by atoms with Gasteiger partial charge in [-0.05, 0) is 50.3 Å². The van der Waals surface area contributed by atoms with E-state index in [0.29, 0.717) is 12.2 Å². The number of ether oxygens (including phenoxy) is 3. The Kier molecular flexibility index (Phi) is 3.34. The summed E-state index contributed by atoms with van der Waals surface area (Å²) in [5.41, 5.74) is 0.601.